The number of rotatable bonds is 5. The van der Waals surface area contributed by atoms with Crippen LogP contribution in [0.4, 0.5) is 0 Å². The fraction of sp³-hybridized carbons (Fsp3) is 0.500. The third-order valence-electron chi connectivity index (χ3n) is 3.87. The molecule has 3 rings (SSSR count). The van der Waals surface area contributed by atoms with Crippen LogP contribution in [0.3, 0.4) is 0 Å². The average Bonchev–Trinajstić information content (AvgIpc) is 3.16. The molecule has 1 aliphatic carbocycles. The van der Waals surface area contributed by atoms with Crippen molar-refractivity contribution in [3.05, 3.63) is 30.4 Å². The fourth-order valence-corrected chi connectivity index (χ4v) is 2.64. The van der Waals surface area contributed by atoms with Crippen molar-refractivity contribution < 1.29 is 9.63 Å². The van der Waals surface area contributed by atoms with E-state index in [1.165, 1.54) is 0 Å². The second kappa shape index (κ2) is 5.68. The quantitative estimate of drug-likeness (QED) is 0.860. The minimum absolute atomic E-state index is 0.149. The molecule has 0 bridgehead atoms. The predicted molar refractivity (Wildman–Crippen MR) is 72.7 cm³/mol. The van der Waals surface area contributed by atoms with Gasteiger partial charge in [-0.25, -0.2) is 0 Å². The minimum atomic E-state index is -0.178. The lowest BCUT2D eigenvalue weighted by Crippen LogP contribution is -2.45. The molecule has 20 heavy (non-hydrogen) atoms. The lowest BCUT2D eigenvalue weighted by Gasteiger charge is -2.27. The van der Waals surface area contributed by atoms with Crippen molar-refractivity contribution >= 4 is 0 Å². The second-order valence-corrected chi connectivity index (χ2v) is 5.25. The molecule has 0 aromatic carbocycles. The van der Waals surface area contributed by atoms with Gasteiger partial charge in [-0.2, -0.15) is 4.98 Å². The van der Waals surface area contributed by atoms with Gasteiger partial charge in [0.25, 0.3) is 0 Å². The summed E-state index contributed by atoms with van der Waals surface area (Å²) in [5.74, 6) is 1.07. The van der Waals surface area contributed by atoms with Gasteiger partial charge in [-0.05, 0) is 25.0 Å². The van der Waals surface area contributed by atoms with Crippen LogP contribution in [-0.4, -0.2) is 32.4 Å². The number of aliphatic hydroxyl groups excluding tert-OH is 1. The maximum absolute atomic E-state index is 9.54. The topological polar surface area (TPSA) is 84.1 Å². The standard InChI is InChI=1S/C14H18N4O2/c19-10-14(5-1-2-6-14)16-9-12-17-13(18-20-12)11-4-3-7-15-8-11/h3-4,7-8,16,19H,1-2,5-6,9-10H2. The summed E-state index contributed by atoms with van der Waals surface area (Å²) in [6, 6.07) is 3.73. The molecule has 0 unspecified atom stereocenters. The number of nitrogens with zero attached hydrogens (tertiary/aromatic N) is 3. The van der Waals surface area contributed by atoms with Crippen LogP contribution in [0.5, 0.6) is 0 Å². The molecule has 0 spiro atoms. The zero-order valence-corrected chi connectivity index (χ0v) is 11.2. The third kappa shape index (κ3) is 2.71. The van der Waals surface area contributed by atoms with Crippen molar-refractivity contribution in [2.75, 3.05) is 6.61 Å². The summed E-state index contributed by atoms with van der Waals surface area (Å²) in [5.41, 5.74) is 0.656. The molecule has 1 aliphatic rings. The number of hydrogen-bond acceptors (Lipinski definition) is 6. The van der Waals surface area contributed by atoms with Crippen LogP contribution in [0, 0.1) is 0 Å². The molecule has 1 fully saturated rings. The molecule has 6 heteroatoms. The van der Waals surface area contributed by atoms with Crippen molar-refractivity contribution in [3.8, 4) is 11.4 Å². The number of pyridine rings is 1. The highest BCUT2D eigenvalue weighted by Gasteiger charge is 2.32. The Morgan fingerprint density at radius 2 is 2.20 bits per heavy atom. The van der Waals surface area contributed by atoms with E-state index in [9.17, 15) is 5.11 Å². The molecule has 0 aliphatic heterocycles. The van der Waals surface area contributed by atoms with E-state index in [0.717, 1.165) is 31.2 Å². The van der Waals surface area contributed by atoms with Gasteiger partial charge in [-0.15, -0.1) is 0 Å². The molecule has 2 heterocycles. The Morgan fingerprint density at radius 1 is 1.35 bits per heavy atom. The van der Waals surface area contributed by atoms with Gasteiger partial charge in [0.2, 0.25) is 11.7 Å². The first-order chi connectivity index (χ1) is 9.81. The van der Waals surface area contributed by atoms with Crippen molar-refractivity contribution in [2.45, 2.75) is 37.8 Å². The number of aliphatic hydroxyl groups is 1. The highest BCUT2D eigenvalue weighted by molar-refractivity contribution is 5.51. The fourth-order valence-electron chi connectivity index (χ4n) is 2.64. The normalized spacial score (nSPS) is 17.4. The Labute approximate surface area is 117 Å². The largest absolute Gasteiger partial charge is 0.394 e. The van der Waals surface area contributed by atoms with Crippen molar-refractivity contribution in [2.24, 2.45) is 0 Å². The average molecular weight is 274 g/mol. The summed E-state index contributed by atoms with van der Waals surface area (Å²) in [4.78, 5) is 8.38. The summed E-state index contributed by atoms with van der Waals surface area (Å²) in [7, 11) is 0. The summed E-state index contributed by atoms with van der Waals surface area (Å²) in [5, 5.41) is 16.9. The van der Waals surface area contributed by atoms with E-state index in [-0.39, 0.29) is 12.1 Å². The Balaban J connectivity index is 1.66. The van der Waals surface area contributed by atoms with E-state index in [4.69, 9.17) is 4.52 Å². The van der Waals surface area contributed by atoms with Gasteiger partial charge in [0, 0.05) is 23.5 Å². The first-order valence-electron chi connectivity index (χ1n) is 6.90. The van der Waals surface area contributed by atoms with E-state index in [1.54, 1.807) is 12.4 Å². The molecular formula is C14H18N4O2. The number of aromatic nitrogens is 3. The van der Waals surface area contributed by atoms with E-state index in [1.807, 2.05) is 12.1 Å². The van der Waals surface area contributed by atoms with E-state index >= 15 is 0 Å². The molecule has 0 atom stereocenters. The summed E-state index contributed by atoms with van der Waals surface area (Å²) >= 11 is 0. The highest BCUT2D eigenvalue weighted by Crippen LogP contribution is 2.29. The first-order valence-corrected chi connectivity index (χ1v) is 6.90. The van der Waals surface area contributed by atoms with Crippen LogP contribution >= 0.6 is 0 Å². The summed E-state index contributed by atoms with van der Waals surface area (Å²) < 4.78 is 5.24. The molecule has 2 aromatic heterocycles. The van der Waals surface area contributed by atoms with Crippen molar-refractivity contribution in [3.63, 3.8) is 0 Å². The third-order valence-corrected chi connectivity index (χ3v) is 3.87. The Bertz CT molecular complexity index is 549. The monoisotopic (exact) mass is 274 g/mol. The van der Waals surface area contributed by atoms with Crippen LogP contribution in [0.15, 0.2) is 29.0 Å². The van der Waals surface area contributed by atoms with Gasteiger partial charge in [0.05, 0.1) is 13.2 Å². The molecule has 106 valence electrons. The zero-order chi connectivity index (χ0) is 13.8. The van der Waals surface area contributed by atoms with Gasteiger partial charge in [0.1, 0.15) is 0 Å². The number of hydrogen-bond donors (Lipinski definition) is 2. The Hall–Kier alpha value is -1.79. The lowest BCUT2D eigenvalue weighted by molar-refractivity contribution is 0.158. The SMILES string of the molecule is OCC1(NCc2nc(-c3cccnc3)no2)CCCC1. The molecule has 6 nitrogen and oxygen atoms in total. The summed E-state index contributed by atoms with van der Waals surface area (Å²) in [6.45, 7) is 0.629. The zero-order valence-electron chi connectivity index (χ0n) is 11.2. The van der Waals surface area contributed by atoms with Gasteiger partial charge in [-0.1, -0.05) is 18.0 Å². The van der Waals surface area contributed by atoms with Gasteiger partial charge in [0.15, 0.2) is 0 Å². The van der Waals surface area contributed by atoms with Gasteiger partial charge < -0.3 is 14.9 Å². The highest BCUT2D eigenvalue weighted by atomic mass is 16.5. The van der Waals surface area contributed by atoms with E-state index < -0.39 is 0 Å². The molecule has 0 amide bonds. The number of nitrogens with one attached hydrogen (secondary N) is 1. The lowest BCUT2D eigenvalue weighted by atomic mass is 9.99. The van der Waals surface area contributed by atoms with E-state index in [2.05, 4.69) is 20.4 Å². The van der Waals surface area contributed by atoms with Gasteiger partial charge in [-0.3, -0.25) is 4.98 Å². The smallest absolute Gasteiger partial charge is 0.240 e. The Morgan fingerprint density at radius 3 is 2.90 bits per heavy atom. The van der Waals surface area contributed by atoms with Crippen LogP contribution in [-0.2, 0) is 6.54 Å². The van der Waals surface area contributed by atoms with Crippen LogP contribution in [0.25, 0.3) is 11.4 Å². The molecule has 0 radical (unpaired) electrons. The van der Waals surface area contributed by atoms with Crippen molar-refractivity contribution in [1.29, 1.82) is 0 Å². The molecule has 0 saturated heterocycles. The van der Waals surface area contributed by atoms with Crippen LogP contribution in [0.1, 0.15) is 31.6 Å². The summed E-state index contributed by atoms with van der Waals surface area (Å²) in [6.07, 6.45) is 7.70. The molecule has 2 N–H and O–H groups in total. The second-order valence-electron chi connectivity index (χ2n) is 5.25. The van der Waals surface area contributed by atoms with Gasteiger partial charge >= 0.3 is 0 Å². The molecule has 1 saturated carbocycles. The van der Waals surface area contributed by atoms with Crippen LogP contribution in [0.2, 0.25) is 0 Å². The molecular weight excluding hydrogens is 256 g/mol. The Kier molecular flexibility index (Phi) is 3.75. The van der Waals surface area contributed by atoms with Crippen molar-refractivity contribution in [1.82, 2.24) is 20.4 Å². The first kappa shape index (κ1) is 13.2. The predicted octanol–water partition coefficient (Wildman–Crippen LogP) is 1.53. The van der Waals surface area contributed by atoms with Crippen LogP contribution < -0.4 is 5.32 Å². The minimum Gasteiger partial charge on any atom is -0.394 e. The maximum atomic E-state index is 9.54. The maximum Gasteiger partial charge on any atom is 0.240 e. The molecule has 2 aromatic rings. The van der Waals surface area contributed by atoms with E-state index in [0.29, 0.717) is 18.3 Å².